The first-order chi connectivity index (χ1) is 24.8. The van der Waals surface area contributed by atoms with Crippen molar-refractivity contribution in [1.82, 2.24) is 9.97 Å². The Bertz CT molecular complexity index is 2520. The molecular formula is C46H28N2S2. The van der Waals surface area contributed by atoms with E-state index in [4.69, 9.17) is 0 Å². The minimum absolute atomic E-state index is 1.02. The van der Waals surface area contributed by atoms with Crippen molar-refractivity contribution in [2.24, 2.45) is 0 Å². The van der Waals surface area contributed by atoms with Gasteiger partial charge in [0, 0.05) is 21.9 Å². The van der Waals surface area contributed by atoms with Gasteiger partial charge in [-0.25, -0.2) is 9.97 Å². The molecule has 0 amide bonds. The van der Waals surface area contributed by atoms with Gasteiger partial charge in [-0.2, -0.15) is 0 Å². The molecule has 0 aliphatic carbocycles. The molecule has 0 unspecified atom stereocenters. The number of hydrogen-bond acceptors (Lipinski definition) is 4. The van der Waals surface area contributed by atoms with Crippen LogP contribution in [0.4, 0.5) is 0 Å². The summed E-state index contributed by atoms with van der Waals surface area (Å²) in [5, 5.41) is 14.2. The van der Waals surface area contributed by atoms with Crippen molar-refractivity contribution in [3.05, 3.63) is 167 Å². The number of hydrogen-bond donors (Lipinski definition) is 0. The second kappa shape index (κ2) is 11.9. The lowest BCUT2D eigenvalue weighted by Gasteiger charge is -2.22. The molecule has 0 bridgehead atoms. The lowest BCUT2D eigenvalue weighted by atomic mass is 9.81. The molecule has 2 aromatic heterocycles. The average Bonchev–Trinajstić information content (AvgIpc) is 3.93. The molecule has 0 saturated heterocycles. The van der Waals surface area contributed by atoms with E-state index in [2.05, 4.69) is 166 Å². The quantitative estimate of drug-likeness (QED) is 0.170. The van der Waals surface area contributed by atoms with Crippen molar-refractivity contribution in [2.45, 2.75) is 0 Å². The highest BCUT2D eigenvalue weighted by Crippen LogP contribution is 2.50. The maximum Gasteiger partial charge on any atom is 0.0811 e. The SMILES string of the molecule is c1ccc2c(-c3c4ccccc4c(-c4ccc(-c5cscn5)cc4)c4ccccc34)c3ccccc3c(-c3ccc(-c4cscn4)cc3)c2c1. The van der Waals surface area contributed by atoms with E-state index >= 15 is 0 Å². The summed E-state index contributed by atoms with van der Waals surface area (Å²) in [6.45, 7) is 0. The number of rotatable bonds is 5. The Morgan fingerprint density at radius 1 is 0.280 bits per heavy atom. The molecule has 0 fully saturated rings. The van der Waals surface area contributed by atoms with Crippen molar-refractivity contribution >= 4 is 65.8 Å². The zero-order chi connectivity index (χ0) is 33.0. The Labute approximate surface area is 297 Å². The number of thiazole rings is 2. The minimum Gasteiger partial charge on any atom is -0.245 e. The van der Waals surface area contributed by atoms with Crippen molar-refractivity contribution < 1.29 is 0 Å². The predicted molar refractivity (Wildman–Crippen MR) is 215 cm³/mol. The zero-order valence-electron chi connectivity index (χ0n) is 26.9. The number of aromatic nitrogens is 2. The van der Waals surface area contributed by atoms with E-state index in [1.54, 1.807) is 22.7 Å². The summed E-state index contributed by atoms with van der Waals surface area (Å²) in [5.74, 6) is 0. The number of nitrogens with zero attached hydrogens (tertiary/aromatic N) is 2. The van der Waals surface area contributed by atoms with Gasteiger partial charge in [0.15, 0.2) is 0 Å². The molecule has 2 heterocycles. The van der Waals surface area contributed by atoms with Gasteiger partial charge >= 0.3 is 0 Å². The molecule has 10 aromatic rings. The Balaban J connectivity index is 1.27. The van der Waals surface area contributed by atoms with E-state index in [0.29, 0.717) is 0 Å². The van der Waals surface area contributed by atoms with Gasteiger partial charge in [-0.15, -0.1) is 22.7 Å². The summed E-state index contributed by atoms with van der Waals surface area (Å²) in [4.78, 5) is 9.08. The highest BCUT2D eigenvalue weighted by atomic mass is 32.1. The third-order valence-corrected chi connectivity index (χ3v) is 11.1. The molecule has 0 spiro atoms. The molecule has 0 aliphatic rings. The Morgan fingerprint density at radius 2 is 0.540 bits per heavy atom. The first kappa shape index (κ1) is 29.0. The van der Waals surface area contributed by atoms with Crippen LogP contribution in [0.3, 0.4) is 0 Å². The minimum atomic E-state index is 1.02. The third-order valence-electron chi connectivity index (χ3n) is 9.92. The van der Waals surface area contributed by atoms with Gasteiger partial charge in [-0.3, -0.25) is 0 Å². The number of benzene rings is 8. The van der Waals surface area contributed by atoms with Gasteiger partial charge in [-0.1, -0.05) is 146 Å². The van der Waals surface area contributed by atoms with E-state index in [0.717, 1.165) is 22.5 Å². The largest absolute Gasteiger partial charge is 0.245 e. The van der Waals surface area contributed by atoms with Crippen molar-refractivity contribution in [2.75, 3.05) is 0 Å². The Hall–Kier alpha value is -5.94. The molecular weight excluding hydrogens is 645 g/mol. The van der Waals surface area contributed by atoms with Crippen LogP contribution in [0.25, 0.3) is 99.0 Å². The molecule has 8 aromatic carbocycles. The third kappa shape index (κ3) is 4.61. The van der Waals surface area contributed by atoms with Crippen LogP contribution in [0.5, 0.6) is 0 Å². The van der Waals surface area contributed by atoms with E-state index in [1.165, 1.54) is 76.5 Å². The fraction of sp³-hybridized carbons (Fsp3) is 0. The molecule has 4 heteroatoms. The first-order valence-corrected chi connectivity index (χ1v) is 18.6. The Morgan fingerprint density at radius 3 is 0.800 bits per heavy atom. The first-order valence-electron chi connectivity index (χ1n) is 16.7. The molecule has 2 nitrogen and oxygen atoms in total. The summed E-state index contributed by atoms with van der Waals surface area (Å²) in [7, 11) is 0. The average molecular weight is 673 g/mol. The summed E-state index contributed by atoms with van der Waals surface area (Å²) >= 11 is 3.25. The topological polar surface area (TPSA) is 25.8 Å². The molecule has 0 N–H and O–H groups in total. The van der Waals surface area contributed by atoms with Crippen LogP contribution in [0.2, 0.25) is 0 Å². The lowest BCUT2D eigenvalue weighted by Crippen LogP contribution is -1.94. The van der Waals surface area contributed by atoms with Gasteiger partial charge in [-0.05, 0) is 76.5 Å². The zero-order valence-corrected chi connectivity index (χ0v) is 28.5. The van der Waals surface area contributed by atoms with Crippen molar-refractivity contribution in [1.29, 1.82) is 0 Å². The fourth-order valence-electron chi connectivity index (χ4n) is 7.74. The van der Waals surface area contributed by atoms with Crippen LogP contribution in [0, 0.1) is 0 Å². The summed E-state index contributed by atoms with van der Waals surface area (Å²) in [6.07, 6.45) is 0. The molecule has 50 heavy (non-hydrogen) atoms. The van der Waals surface area contributed by atoms with Crippen LogP contribution in [-0.2, 0) is 0 Å². The molecule has 0 atom stereocenters. The van der Waals surface area contributed by atoms with Crippen LogP contribution in [0.1, 0.15) is 0 Å². The van der Waals surface area contributed by atoms with Crippen molar-refractivity contribution in [3.63, 3.8) is 0 Å². The smallest absolute Gasteiger partial charge is 0.0811 e. The maximum absolute atomic E-state index is 4.54. The Kier molecular flexibility index (Phi) is 6.90. The summed E-state index contributed by atoms with van der Waals surface area (Å²) in [6, 6.07) is 53.6. The summed E-state index contributed by atoms with van der Waals surface area (Å²) in [5.41, 5.74) is 15.6. The molecule has 0 saturated carbocycles. The monoisotopic (exact) mass is 672 g/mol. The second-order valence-electron chi connectivity index (χ2n) is 12.6. The van der Waals surface area contributed by atoms with E-state index in [1.807, 2.05) is 11.0 Å². The number of fused-ring (bicyclic) bond motifs is 4. The van der Waals surface area contributed by atoms with Gasteiger partial charge in [0.2, 0.25) is 0 Å². The van der Waals surface area contributed by atoms with Gasteiger partial charge < -0.3 is 0 Å². The van der Waals surface area contributed by atoms with Crippen LogP contribution in [-0.4, -0.2) is 9.97 Å². The molecule has 0 radical (unpaired) electrons. The highest BCUT2D eigenvalue weighted by molar-refractivity contribution is 7.08. The van der Waals surface area contributed by atoms with E-state index in [-0.39, 0.29) is 0 Å². The standard InChI is InChI=1S/C46H28N2S2/c1-5-13-37-33(9-1)43(31-21-17-29(18-22-31)41-25-49-27-47-41)34-10-2-6-14-38(34)45(37)46-39-15-7-3-11-35(39)44(36-12-4-8-16-40(36)46)32-23-19-30(20-24-32)42-26-50-28-48-42/h1-28H. The van der Waals surface area contributed by atoms with E-state index in [9.17, 15) is 0 Å². The molecule has 10 rings (SSSR count). The predicted octanol–water partition coefficient (Wildman–Crippen LogP) is 13.5. The lowest BCUT2D eigenvalue weighted by molar-refractivity contribution is 1.41. The normalized spacial score (nSPS) is 11.6. The van der Waals surface area contributed by atoms with Gasteiger partial charge in [0.05, 0.1) is 22.4 Å². The maximum atomic E-state index is 4.54. The van der Waals surface area contributed by atoms with Crippen LogP contribution in [0.15, 0.2) is 167 Å². The highest BCUT2D eigenvalue weighted by Gasteiger charge is 2.22. The van der Waals surface area contributed by atoms with Crippen LogP contribution < -0.4 is 0 Å². The van der Waals surface area contributed by atoms with Gasteiger partial charge in [0.25, 0.3) is 0 Å². The summed E-state index contributed by atoms with van der Waals surface area (Å²) < 4.78 is 0. The fourth-order valence-corrected chi connectivity index (χ4v) is 8.87. The van der Waals surface area contributed by atoms with E-state index < -0.39 is 0 Å². The second-order valence-corrected chi connectivity index (χ2v) is 14.0. The van der Waals surface area contributed by atoms with Gasteiger partial charge in [0.1, 0.15) is 0 Å². The van der Waals surface area contributed by atoms with Crippen LogP contribution >= 0.6 is 22.7 Å². The molecule has 234 valence electrons. The molecule has 0 aliphatic heterocycles. The van der Waals surface area contributed by atoms with Crippen molar-refractivity contribution in [3.8, 4) is 55.9 Å².